The van der Waals surface area contributed by atoms with Crippen LogP contribution in [-0.2, 0) is 9.59 Å². The Bertz CT molecular complexity index is 824. The first-order valence-corrected chi connectivity index (χ1v) is 9.12. The molecule has 5 heteroatoms. The van der Waals surface area contributed by atoms with Crippen LogP contribution in [0.5, 0.6) is 11.5 Å². The predicted octanol–water partition coefficient (Wildman–Crippen LogP) is 4.26. The lowest BCUT2D eigenvalue weighted by Crippen LogP contribution is -2.42. The molecule has 5 nitrogen and oxygen atoms in total. The van der Waals surface area contributed by atoms with Crippen LogP contribution in [-0.4, -0.2) is 26.0 Å². The normalized spacial score (nSPS) is 15.4. The van der Waals surface area contributed by atoms with Crippen LogP contribution < -0.4 is 14.4 Å². The Balaban J connectivity index is 1.81. The number of anilines is 1. The Morgan fingerprint density at radius 1 is 0.889 bits per heavy atom. The molecule has 27 heavy (non-hydrogen) atoms. The van der Waals surface area contributed by atoms with E-state index in [0.29, 0.717) is 23.1 Å². The van der Waals surface area contributed by atoms with Crippen LogP contribution in [0.15, 0.2) is 42.5 Å². The van der Waals surface area contributed by atoms with Gasteiger partial charge in [-0.15, -0.1) is 0 Å². The van der Waals surface area contributed by atoms with Crippen LogP contribution in [0.1, 0.15) is 49.7 Å². The van der Waals surface area contributed by atoms with Gasteiger partial charge in [0.15, 0.2) is 11.5 Å². The molecular formula is C22H25NO4. The van der Waals surface area contributed by atoms with Gasteiger partial charge in [0.25, 0.3) is 0 Å². The van der Waals surface area contributed by atoms with Crippen molar-refractivity contribution in [2.75, 3.05) is 19.1 Å². The van der Waals surface area contributed by atoms with Crippen LogP contribution in [0.4, 0.5) is 5.69 Å². The van der Waals surface area contributed by atoms with Gasteiger partial charge < -0.3 is 9.47 Å². The van der Waals surface area contributed by atoms with Gasteiger partial charge in [0.2, 0.25) is 11.8 Å². The fraction of sp³-hybridized carbons (Fsp3) is 0.364. The number of benzene rings is 2. The molecule has 0 aromatic heterocycles. The number of amides is 2. The van der Waals surface area contributed by atoms with E-state index in [0.717, 1.165) is 5.56 Å². The van der Waals surface area contributed by atoms with Crippen molar-refractivity contribution in [1.29, 1.82) is 0 Å². The number of carbonyl (C=O) groups excluding carboxylic acids is 2. The minimum Gasteiger partial charge on any atom is -0.493 e. The molecule has 0 N–H and O–H groups in total. The molecule has 0 atom stereocenters. The zero-order chi connectivity index (χ0) is 19.6. The summed E-state index contributed by atoms with van der Waals surface area (Å²) in [6.45, 7) is 4.22. The van der Waals surface area contributed by atoms with Gasteiger partial charge in [0.1, 0.15) is 0 Å². The minimum absolute atomic E-state index is 0.156. The van der Waals surface area contributed by atoms with Crippen molar-refractivity contribution in [2.45, 2.75) is 38.5 Å². The van der Waals surface area contributed by atoms with Crippen molar-refractivity contribution < 1.29 is 19.1 Å². The number of piperidine rings is 1. The lowest BCUT2D eigenvalue weighted by atomic mass is 9.88. The fourth-order valence-electron chi connectivity index (χ4n) is 3.45. The molecule has 2 amide bonds. The van der Waals surface area contributed by atoms with Gasteiger partial charge in [-0.1, -0.05) is 32.0 Å². The molecule has 1 fully saturated rings. The van der Waals surface area contributed by atoms with Crippen LogP contribution in [0, 0.1) is 0 Å². The zero-order valence-electron chi connectivity index (χ0n) is 16.2. The minimum atomic E-state index is -0.177. The summed E-state index contributed by atoms with van der Waals surface area (Å²) in [5.74, 6) is 1.12. The number of imide groups is 1. The molecule has 0 bridgehead atoms. The maximum atomic E-state index is 12.7. The van der Waals surface area contributed by atoms with Crippen LogP contribution in [0.3, 0.4) is 0 Å². The van der Waals surface area contributed by atoms with E-state index < -0.39 is 0 Å². The second-order valence-electron chi connectivity index (χ2n) is 7.09. The molecule has 0 unspecified atom stereocenters. The zero-order valence-corrected chi connectivity index (χ0v) is 16.2. The molecule has 1 aliphatic heterocycles. The standard InChI is InChI=1S/C22H25NO4/c1-14(2)15-5-8-18(9-6-15)23-21(24)12-17(13-22(23)25)16-7-10-19(26-3)20(11-16)27-4/h5-11,14,17H,12-13H2,1-4H3. The van der Waals surface area contributed by atoms with Gasteiger partial charge >= 0.3 is 0 Å². The highest BCUT2D eigenvalue weighted by Crippen LogP contribution is 2.36. The molecule has 3 rings (SSSR count). The van der Waals surface area contributed by atoms with Gasteiger partial charge in [-0.3, -0.25) is 14.5 Å². The summed E-state index contributed by atoms with van der Waals surface area (Å²) in [5, 5.41) is 0. The van der Waals surface area contributed by atoms with Crippen LogP contribution in [0.2, 0.25) is 0 Å². The molecule has 2 aromatic rings. The molecule has 1 heterocycles. The first-order chi connectivity index (χ1) is 12.9. The Labute approximate surface area is 159 Å². The molecule has 0 spiro atoms. The summed E-state index contributed by atoms with van der Waals surface area (Å²) in [6.07, 6.45) is 0.570. The third-order valence-electron chi connectivity index (χ3n) is 5.04. The number of carbonyl (C=O) groups is 2. The Kier molecular flexibility index (Phi) is 5.49. The van der Waals surface area contributed by atoms with E-state index in [4.69, 9.17) is 9.47 Å². The summed E-state index contributed by atoms with van der Waals surface area (Å²) < 4.78 is 10.6. The number of ether oxygens (including phenoxy) is 2. The van der Waals surface area contributed by atoms with Crippen molar-refractivity contribution in [3.63, 3.8) is 0 Å². The van der Waals surface area contributed by atoms with E-state index in [2.05, 4.69) is 13.8 Å². The molecule has 142 valence electrons. The highest BCUT2D eigenvalue weighted by molar-refractivity contribution is 6.17. The van der Waals surface area contributed by atoms with Crippen molar-refractivity contribution >= 4 is 17.5 Å². The van der Waals surface area contributed by atoms with Gasteiger partial charge in [-0.2, -0.15) is 0 Å². The second-order valence-corrected chi connectivity index (χ2v) is 7.09. The van der Waals surface area contributed by atoms with E-state index in [-0.39, 0.29) is 30.6 Å². The average molecular weight is 367 g/mol. The number of rotatable bonds is 5. The topological polar surface area (TPSA) is 55.8 Å². The number of nitrogens with zero attached hydrogens (tertiary/aromatic N) is 1. The van der Waals surface area contributed by atoms with E-state index >= 15 is 0 Å². The van der Waals surface area contributed by atoms with Crippen LogP contribution >= 0.6 is 0 Å². The van der Waals surface area contributed by atoms with Gasteiger partial charge in [0.05, 0.1) is 19.9 Å². The summed E-state index contributed by atoms with van der Waals surface area (Å²) in [4.78, 5) is 26.8. The highest BCUT2D eigenvalue weighted by atomic mass is 16.5. The number of hydrogen-bond donors (Lipinski definition) is 0. The van der Waals surface area contributed by atoms with E-state index in [1.807, 2.05) is 36.4 Å². The smallest absolute Gasteiger partial charge is 0.234 e. The van der Waals surface area contributed by atoms with Gasteiger partial charge in [0, 0.05) is 18.8 Å². The summed E-state index contributed by atoms with van der Waals surface area (Å²) in [7, 11) is 3.15. The first-order valence-electron chi connectivity index (χ1n) is 9.12. The SMILES string of the molecule is COc1ccc(C2CC(=O)N(c3ccc(C(C)C)cc3)C(=O)C2)cc1OC. The summed E-state index contributed by atoms with van der Waals surface area (Å²) in [5.41, 5.74) is 2.73. The Morgan fingerprint density at radius 3 is 2.00 bits per heavy atom. The van der Waals surface area contributed by atoms with Gasteiger partial charge in [-0.05, 0) is 41.3 Å². The van der Waals surface area contributed by atoms with E-state index in [1.165, 1.54) is 10.5 Å². The molecule has 0 saturated carbocycles. The highest BCUT2D eigenvalue weighted by Gasteiger charge is 2.34. The van der Waals surface area contributed by atoms with Crippen molar-refractivity contribution in [3.05, 3.63) is 53.6 Å². The van der Waals surface area contributed by atoms with E-state index in [9.17, 15) is 9.59 Å². The third kappa shape index (κ3) is 3.82. The summed E-state index contributed by atoms with van der Waals surface area (Å²) in [6, 6.07) is 13.2. The summed E-state index contributed by atoms with van der Waals surface area (Å²) >= 11 is 0. The Hall–Kier alpha value is -2.82. The average Bonchev–Trinajstić information content (AvgIpc) is 2.67. The number of hydrogen-bond acceptors (Lipinski definition) is 4. The van der Waals surface area contributed by atoms with Crippen molar-refractivity contribution in [3.8, 4) is 11.5 Å². The first kappa shape index (κ1) is 19.0. The lowest BCUT2D eigenvalue weighted by Gasteiger charge is -2.30. The largest absolute Gasteiger partial charge is 0.493 e. The molecule has 1 saturated heterocycles. The quantitative estimate of drug-likeness (QED) is 0.741. The van der Waals surface area contributed by atoms with Crippen LogP contribution in [0.25, 0.3) is 0 Å². The second kappa shape index (κ2) is 7.82. The Morgan fingerprint density at radius 2 is 1.48 bits per heavy atom. The maximum absolute atomic E-state index is 12.7. The molecule has 0 aliphatic carbocycles. The van der Waals surface area contributed by atoms with Gasteiger partial charge in [-0.25, -0.2) is 0 Å². The molecule has 0 radical (unpaired) electrons. The monoisotopic (exact) mass is 367 g/mol. The van der Waals surface area contributed by atoms with Crippen molar-refractivity contribution in [1.82, 2.24) is 0 Å². The number of methoxy groups -OCH3 is 2. The molecular weight excluding hydrogens is 342 g/mol. The molecule has 1 aliphatic rings. The fourth-order valence-corrected chi connectivity index (χ4v) is 3.45. The lowest BCUT2D eigenvalue weighted by molar-refractivity contribution is -0.129. The van der Waals surface area contributed by atoms with Crippen molar-refractivity contribution in [2.24, 2.45) is 0 Å². The molecule has 2 aromatic carbocycles. The third-order valence-corrected chi connectivity index (χ3v) is 5.04. The maximum Gasteiger partial charge on any atom is 0.234 e. The predicted molar refractivity (Wildman–Crippen MR) is 105 cm³/mol. The van der Waals surface area contributed by atoms with E-state index in [1.54, 1.807) is 20.3 Å².